The minimum atomic E-state index is 0. The van der Waals surface area contributed by atoms with Gasteiger partial charge >= 0.3 is 6.03 Å². The van der Waals surface area contributed by atoms with Crippen LogP contribution in [-0.2, 0) is 5.41 Å². The third-order valence-corrected chi connectivity index (χ3v) is 6.15. The molecule has 1 aromatic carbocycles. The zero-order chi connectivity index (χ0) is 16.2. The number of benzene rings is 1. The number of fused-ring (bicyclic) bond motifs is 3. The van der Waals surface area contributed by atoms with Crippen molar-refractivity contribution in [1.82, 2.24) is 10.2 Å². The maximum Gasteiger partial charge on any atom is 0.322 e. The van der Waals surface area contributed by atoms with E-state index in [1.807, 2.05) is 11.0 Å². The minimum Gasteiger partial charge on any atom is -0.335 e. The Hall–Kier alpha value is -1.26. The molecular formula is C19H28ClN3O. The lowest BCUT2D eigenvalue weighted by Crippen LogP contribution is -2.52. The van der Waals surface area contributed by atoms with E-state index in [0.29, 0.717) is 18.1 Å². The Morgan fingerprint density at radius 1 is 1.17 bits per heavy atom. The number of urea groups is 1. The van der Waals surface area contributed by atoms with Crippen LogP contribution in [0.2, 0.25) is 0 Å². The monoisotopic (exact) mass is 349 g/mol. The fourth-order valence-electron chi connectivity index (χ4n) is 4.81. The Bertz CT molecular complexity index is 619. The molecule has 2 fully saturated rings. The standard InChI is InChI=1S/C19H27N3O.ClH/c1-19(2)12-22(17-7-5-4-6-16(17)19)18(23)20-13-10-14-8-9-15(11-13)21(14)3;/h4-7,13-15H,8-12H2,1-3H3,(H,20,23);1H/t13?,14-,15+;. The highest BCUT2D eigenvalue weighted by Crippen LogP contribution is 2.40. The fourth-order valence-corrected chi connectivity index (χ4v) is 4.81. The summed E-state index contributed by atoms with van der Waals surface area (Å²) in [7, 11) is 2.24. The zero-order valence-corrected chi connectivity index (χ0v) is 15.6. The summed E-state index contributed by atoms with van der Waals surface area (Å²) in [5.74, 6) is 0. The van der Waals surface area contributed by atoms with E-state index >= 15 is 0 Å². The van der Waals surface area contributed by atoms with Crippen molar-refractivity contribution >= 4 is 24.1 Å². The number of carbonyl (C=O) groups excluding carboxylic acids is 1. The van der Waals surface area contributed by atoms with Gasteiger partial charge in [0.15, 0.2) is 0 Å². The van der Waals surface area contributed by atoms with Crippen molar-refractivity contribution in [2.24, 2.45) is 0 Å². The largest absolute Gasteiger partial charge is 0.335 e. The van der Waals surface area contributed by atoms with Crippen molar-refractivity contribution in [3.63, 3.8) is 0 Å². The number of hydrogen-bond acceptors (Lipinski definition) is 2. The van der Waals surface area contributed by atoms with E-state index in [0.717, 1.165) is 25.1 Å². The van der Waals surface area contributed by atoms with Crippen LogP contribution in [0.3, 0.4) is 0 Å². The number of anilines is 1. The molecule has 0 radical (unpaired) electrons. The number of hydrogen-bond donors (Lipinski definition) is 1. The van der Waals surface area contributed by atoms with E-state index in [4.69, 9.17) is 0 Å². The normalized spacial score (nSPS) is 30.6. The Labute approximate surface area is 151 Å². The van der Waals surface area contributed by atoms with Crippen LogP contribution in [0.4, 0.5) is 10.5 Å². The highest BCUT2D eigenvalue weighted by atomic mass is 35.5. The van der Waals surface area contributed by atoms with Crippen molar-refractivity contribution < 1.29 is 4.79 Å². The summed E-state index contributed by atoms with van der Waals surface area (Å²) in [6, 6.07) is 10.0. The first-order chi connectivity index (χ1) is 11.0. The second-order valence-corrected chi connectivity index (χ2v) is 8.16. The molecule has 1 aromatic rings. The molecule has 1 unspecified atom stereocenters. The molecule has 2 saturated heterocycles. The molecule has 3 aliphatic heterocycles. The topological polar surface area (TPSA) is 35.6 Å². The lowest BCUT2D eigenvalue weighted by molar-refractivity contribution is 0.150. The molecular weight excluding hydrogens is 322 g/mol. The van der Waals surface area contributed by atoms with Gasteiger partial charge in [-0.15, -0.1) is 12.4 Å². The Balaban J connectivity index is 0.00000169. The maximum atomic E-state index is 12.9. The van der Waals surface area contributed by atoms with Gasteiger partial charge < -0.3 is 10.2 Å². The highest BCUT2D eigenvalue weighted by Gasteiger charge is 2.41. The van der Waals surface area contributed by atoms with Gasteiger partial charge in [0.1, 0.15) is 0 Å². The van der Waals surface area contributed by atoms with Crippen LogP contribution < -0.4 is 10.2 Å². The van der Waals surface area contributed by atoms with E-state index < -0.39 is 0 Å². The SMILES string of the molecule is CN1[C@@H]2CC[C@H]1CC(NC(=O)N1CC(C)(C)c3ccccc31)C2.Cl. The molecule has 3 atom stereocenters. The number of carbonyl (C=O) groups is 1. The molecule has 5 heteroatoms. The van der Waals surface area contributed by atoms with Crippen molar-refractivity contribution in [1.29, 1.82) is 0 Å². The first-order valence-electron chi connectivity index (χ1n) is 8.85. The Morgan fingerprint density at radius 2 is 1.79 bits per heavy atom. The summed E-state index contributed by atoms with van der Waals surface area (Å²) in [5.41, 5.74) is 2.38. The zero-order valence-electron chi connectivity index (χ0n) is 14.8. The minimum absolute atomic E-state index is 0. The predicted molar refractivity (Wildman–Crippen MR) is 100 cm³/mol. The molecule has 4 nitrogen and oxygen atoms in total. The molecule has 0 spiro atoms. The average molecular weight is 350 g/mol. The molecule has 2 bridgehead atoms. The number of rotatable bonds is 1. The third kappa shape index (κ3) is 2.80. The van der Waals surface area contributed by atoms with E-state index in [1.54, 1.807) is 0 Å². The van der Waals surface area contributed by atoms with Crippen LogP contribution in [-0.4, -0.2) is 42.6 Å². The first kappa shape index (κ1) is 17.6. The summed E-state index contributed by atoms with van der Waals surface area (Å²) < 4.78 is 0. The number of nitrogens with one attached hydrogen (secondary N) is 1. The van der Waals surface area contributed by atoms with Crippen molar-refractivity contribution in [2.45, 2.75) is 63.1 Å². The van der Waals surface area contributed by atoms with Gasteiger partial charge in [-0.2, -0.15) is 0 Å². The number of halogens is 1. The van der Waals surface area contributed by atoms with Gasteiger partial charge in [0.25, 0.3) is 0 Å². The third-order valence-electron chi connectivity index (χ3n) is 6.15. The molecule has 4 rings (SSSR count). The van der Waals surface area contributed by atoms with E-state index in [-0.39, 0.29) is 23.9 Å². The number of nitrogens with zero attached hydrogens (tertiary/aromatic N) is 2. The van der Waals surface area contributed by atoms with Crippen molar-refractivity contribution in [3.05, 3.63) is 29.8 Å². The van der Waals surface area contributed by atoms with E-state index in [1.165, 1.54) is 18.4 Å². The molecule has 132 valence electrons. The van der Waals surface area contributed by atoms with E-state index in [2.05, 4.69) is 49.3 Å². The van der Waals surface area contributed by atoms with Crippen molar-refractivity contribution in [2.75, 3.05) is 18.5 Å². The van der Waals surface area contributed by atoms with Gasteiger partial charge in [0.2, 0.25) is 0 Å². The van der Waals surface area contributed by atoms with Crippen LogP contribution in [0.1, 0.15) is 45.1 Å². The van der Waals surface area contributed by atoms with Gasteiger partial charge in [0, 0.05) is 35.8 Å². The predicted octanol–water partition coefficient (Wildman–Crippen LogP) is 3.54. The average Bonchev–Trinajstić information content (AvgIpc) is 2.89. The second kappa shape index (κ2) is 6.23. The molecule has 0 aliphatic carbocycles. The van der Waals surface area contributed by atoms with Crippen LogP contribution in [0, 0.1) is 0 Å². The smallest absolute Gasteiger partial charge is 0.322 e. The highest BCUT2D eigenvalue weighted by molar-refractivity contribution is 5.95. The second-order valence-electron chi connectivity index (χ2n) is 8.16. The number of para-hydroxylation sites is 1. The lowest BCUT2D eigenvalue weighted by Gasteiger charge is -2.37. The van der Waals surface area contributed by atoms with E-state index in [9.17, 15) is 4.79 Å². The molecule has 24 heavy (non-hydrogen) atoms. The van der Waals surface area contributed by atoms with Crippen LogP contribution in [0.25, 0.3) is 0 Å². The summed E-state index contributed by atoms with van der Waals surface area (Å²) in [6.45, 7) is 5.20. The van der Waals surface area contributed by atoms with Crippen LogP contribution >= 0.6 is 12.4 Å². The lowest BCUT2D eigenvalue weighted by atomic mass is 9.87. The Kier molecular flexibility index (Phi) is 4.56. The molecule has 2 amide bonds. The maximum absolute atomic E-state index is 12.9. The molecule has 3 heterocycles. The summed E-state index contributed by atoms with van der Waals surface area (Å²) in [6.07, 6.45) is 4.76. The number of piperidine rings is 1. The van der Waals surface area contributed by atoms with Gasteiger partial charge in [-0.25, -0.2) is 4.79 Å². The van der Waals surface area contributed by atoms with Crippen LogP contribution in [0.15, 0.2) is 24.3 Å². The number of amides is 2. The summed E-state index contributed by atoms with van der Waals surface area (Å²) >= 11 is 0. The summed E-state index contributed by atoms with van der Waals surface area (Å²) in [4.78, 5) is 17.3. The van der Waals surface area contributed by atoms with Crippen molar-refractivity contribution in [3.8, 4) is 0 Å². The van der Waals surface area contributed by atoms with Crippen LogP contribution in [0.5, 0.6) is 0 Å². The van der Waals surface area contributed by atoms with Gasteiger partial charge in [-0.1, -0.05) is 32.0 Å². The quantitative estimate of drug-likeness (QED) is 0.841. The molecule has 0 aromatic heterocycles. The van der Waals surface area contributed by atoms with Gasteiger partial charge in [0.05, 0.1) is 0 Å². The first-order valence-corrected chi connectivity index (χ1v) is 8.85. The van der Waals surface area contributed by atoms with Gasteiger partial charge in [-0.05, 0) is 44.4 Å². The Morgan fingerprint density at radius 3 is 2.46 bits per heavy atom. The summed E-state index contributed by atoms with van der Waals surface area (Å²) in [5, 5.41) is 3.32. The molecule has 3 aliphatic rings. The molecule has 1 N–H and O–H groups in total. The fraction of sp³-hybridized carbons (Fsp3) is 0.632. The van der Waals surface area contributed by atoms with Gasteiger partial charge in [-0.3, -0.25) is 4.90 Å². The molecule has 0 saturated carbocycles.